The third kappa shape index (κ3) is 6.60. The molecule has 2 rings (SSSR count). The van der Waals surface area contributed by atoms with E-state index in [4.69, 9.17) is 4.74 Å². The fourth-order valence-corrected chi connectivity index (χ4v) is 2.40. The van der Waals surface area contributed by atoms with Crippen molar-refractivity contribution in [3.05, 3.63) is 35.4 Å². The van der Waals surface area contributed by atoms with E-state index in [2.05, 4.69) is 55.4 Å². The molecule has 1 aromatic rings. The third-order valence-corrected chi connectivity index (χ3v) is 4.02. The van der Waals surface area contributed by atoms with E-state index in [1.165, 1.54) is 24.0 Å². The molecular weight excluding hydrogens is 260 g/mol. The second-order valence-corrected chi connectivity index (χ2v) is 6.44. The summed E-state index contributed by atoms with van der Waals surface area (Å²) in [7, 11) is 2.20. The first kappa shape index (κ1) is 16.5. The zero-order valence-corrected chi connectivity index (χ0v) is 13.8. The molecule has 118 valence electrons. The number of likely N-dealkylation sites (N-methyl/N-ethyl adjacent to an activating group) is 1. The van der Waals surface area contributed by atoms with Crippen molar-refractivity contribution < 1.29 is 4.74 Å². The van der Waals surface area contributed by atoms with Gasteiger partial charge in [0.25, 0.3) is 0 Å². The molecule has 1 N–H and O–H groups in total. The lowest BCUT2D eigenvalue weighted by Crippen LogP contribution is -2.25. The summed E-state index contributed by atoms with van der Waals surface area (Å²) in [5.74, 6) is 0. The van der Waals surface area contributed by atoms with Crippen LogP contribution >= 0.6 is 0 Å². The van der Waals surface area contributed by atoms with Gasteiger partial charge in [0, 0.05) is 18.6 Å². The Labute approximate surface area is 129 Å². The standard InChI is InChI=1S/C18H30N2O/c1-15(2)19-11-10-16-4-6-17(7-5-16)14-21-13-12-20(3)18-8-9-18/h4-7,15,18-19H,8-14H2,1-3H3. The molecular formula is C18H30N2O. The van der Waals surface area contributed by atoms with Gasteiger partial charge in [-0.2, -0.15) is 0 Å². The molecule has 0 aromatic heterocycles. The van der Waals surface area contributed by atoms with Gasteiger partial charge in [-0.25, -0.2) is 0 Å². The lowest BCUT2D eigenvalue weighted by Gasteiger charge is -2.15. The molecule has 1 aliphatic rings. The van der Waals surface area contributed by atoms with Crippen LogP contribution in [0.2, 0.25) is 0 Å². The first-order valence-corrected chi connectivity index (χ1v) is 8.24. The van der Waals surface area contributed by atoms with E-state index in [9.17, 15) is 0 Å². The van der Waals surface area contributed by atoms with E-state index in [0.29, 0.717) is 6.04 Å². The van der Waals surface area contributed by atoms with Crippen molar-refractivity contribution in [1.29, 1.82) is 0 Å². The van der Waals surface area contributed by atoms with Crippen LogP contribution in [0, 0.1) is 0 Å². The fourth-order valence-electron chi connectivity index (χ4n) is 2.40. The van der Waals surface area contributed by atoms with Crippen molar-refractivity contribution >= 4 is 0 Å². The summed E-state index contributed by atoms with van der Waals surface area (Å²) in [5, 5.41) is 3.45. The smallest absolute Gasteiger partial charge is 0.0717 e. The zero-order valence-electron chi connectivity index (χ0n) is 13.8. The van der Waals surface area contributed by atoms with Gasteiger partial charge in [0.2, 0.25) is 0 Å². The molecule has 0 spiro atoms. The Bertz CT molecular complexity index is 398. The summed E-state index contributed by atoms with van der Waals surface area (Å²) in [6.45, 7) is 8.00. The molecule has 0 saturated heterocycles. The van der Waals surface area contributed by atoms with Crippen LogP contribution in [-0.2, 0) is 17.8 Å². The molecule has 0 heterocycles. The normalized spacial score (nSPS) is 15.1. The predicted octanol–water partition coefficient (Wildman–Crippen LogP) is 2.84. The van der Waals surface area contributed by atoms with E-state index in [0.717, 1.165) is 38.8 Å². The highest BCUT2D eigenvalue weighted by atomic mass is 16.5. The van der Waals surface area contributed by atoms with Crippen molar-refractivity contribution in [2.75, 3.05) is 26.7 Å². The molecule has 1 aliphatic carbocycles. The number of nitrogens with zero attached hydrogens (tertiary/aromatic N) is 1. The molecule has 3 nitrogen and oxygen atoms in total. The summed E-state index contributed by atoms with van der Waals surface area (Å²) >= 11 is 0. The average Bonchev–Trinajstić information content (AvgIpc) is 3.29. The highest BCUT2D eigenvalue weighted by molar-refractivity contribution is 5.22. The predicted molar refractivity (Wildman–Crippen MR) is 88.6 cm³/mol. The minimum Gasteiger partial charge on any atom is -0.375 e. The number of nitrogens with one attached hydrogen (secondary N) is 1. The van der Waals surface area contributed by atoms with Gasteiger partial charge < -0.3 is 15.0 Å². The molecule has 0 amide bonds. The second-order valence-electron chi connectivity index (χ2n) is 6.44. The van der Waals surface area contributed by atoms with Gasteiger partial charge in [-0.1, -0.05) is 38.1 Å². The number of benzene rings is 1. The summed E-state index contributed by atoms with van der Waals surface area (Å²) in [6.07, 6.45) is 3.82. The molecule has 0 unspecified atom stereocenters. The first-order chi connectivity index (χ1) is 10.1. The molecule has 1 saturated carbocycles. The van der Waals surface area contributed by atoms with E-state index in [1.54, 1.807) is 0 Å². The summed E-state index contributed by atoms with van der Waals surface area (Å²) in [5.41, 5.74) is 2.66. The molecule has 21 heavy (non-hydrogen) atoms. The van der Waals surface area contributed by atoms with Crippen molar-refractivity contribution in [2.45, 2.75) is 51.8 Å². The van der Waals surface area contributed by atoms with Crippen LogP contribution in [0.4, 0.5) is 0 Å². The molecule has 0 bridgehead atoms. The molecule has 1 aromatic carbocycles. The maximum atomic E-state index is 5.77. The molecule has 0 aliphatic heterocycles. The minimum absolute atomic E-state index is 0.562. The Morgan fingerprint density at radius 1 is 1.19 bits per heavy atom. The lowest BCUT2D eigenvalue weighted by atomic mass is 10.1. The number of hydrogen-bond acceptors (Lipinski definition) is 3. The number of ether oxygens (including phenoxy) is 1. The van der Waals surface area contributed by atoms with Crippen LogP contribution in [0.1, 0.15) is 37.8 Å². The Hall–Kier alpha value is -0.900. The monoisotopic (exact) mass is 290 g/mol. The molecule has 0 atom stereocenters. The second kappa shape index (κ2) is 8.52. The van der Waals surface area contributed by atoms with E-state index < -0.39 is 0 Å². The lowest BCUT2D eigenvalue weighted by molar-refractivity contribution is 0.0978. The maximum absolute atomic E-state index is 5.77. The van der Waals surface area contributed by atoms with Crippen molar-refractivity contribution in [1.82, 2.24) is 10.2 Å². The van der Waals surface area contributed by atoms with Crippen LogP contribution in [0.3, 0.4) is 0 Å². The van der Waals surface area contributed by atoms with Gasteiger partial charge >= 0.3 is 0 Å². The van der Waals surface area contributed by atoms with Gasteiger partial charge in [0.1, 0.15) is 0 Å². The van der Waals surface area contributed by atoms with Crippen LogP contribution in [0.25, 0.3) is 0 Å². The molecule has 3 heteroatoms. The average molecular weight is 290 g/mol. The molecule has 1 fully saturated rings. The number of rotatable bonds is 10. The van der Waals surface area contributed by atoms with Crippen LogP contribution in [-0.4, -0.2) is 43.7 Å². The first-order valence-electron chi connectivity index (χ1n) is 8.24. The summed E-state index contributed by atoms with van der Waals surface area (Å²) in [4.78, 5) is 2.41. The Morgan fingerprint density at radius 2 is 1.86 bits per heavy atom. The van der Waals surface area contributed by atoms with Gasteiger partial charge in [-0.15, -0.1) is 0 Å². The highest BCUT2D eigenvalue weighted by Crippen LogP contribution is 2.24. The maximum Gasteiger partial charge on any atom is 0.0717 e. The Balaban J connectivity index is 1.60. The van der Waals surface area contributed by atoms with Gasteiger partial charge in [0.15, 0.2) is 0 Å². The van der Waals surface area contributed by atoms with E-state index in [1.807, 2.05) is 0 Å². The largest absolute Gasteiger partial charge is 0.375 e. The fraction of sp³-hybridized carbons (Fsp3) is 0.667. The Morgan fingerprint density at radius 3 is 2.48 bits per heavy atom. The van der Waals surface area contributed by atoms with E-state index >= 15 is 0 Å². The SMILES string of the molecule is CC(C)NCCc1ccc(COCCN(C)C2CC2)cc1. The quantitative estimate of drug-likeness (QED) is 0.671. The summed E-state index contributed by atoms with van der Waals surface area (Å²) in [6, 6.07) is 10.2. The zero-order chi connectivity index (χ0) is 15.1. The Kier molecular flexibility index (Phi) is 6.68. The van der Waals surface area contributed by atoms with E-state index in [-0.39, 0.29) is 0 Å². The van der Waals surface area contributed by atoms with Crippen molar-refractivity contribution in [2.24, 2.45) is 0 Å². The topological polar surface area (TPSA) is 24.5 Å². The van der Waals surface area contributed by atoms with Crippen molar-refractivity contribution in [3.8, 4) is 0 Å². The highest BCUT2D eigenvalue weighted by Gasteiger charge is 2.25. The van der Waals surface area contributed by atoms with Gasteiger partial charge in [-0.05, 0) is 44.0 Å². The van der Waals surface area contributed by atoms with Gasteiger partial charge in [0.05, 0.1) is 13.2 Å². The molecule has 0 radical (unpaired) electrons. The van der Waals surface area contributed by atoms with Crippen molar-refractivity contribution in [3.63, 3.8) is 0 Å². The summed E-state index contributed by atoms with van der Waals surface area (Å²) < 4.78 is 5.77. The van der Waals surface area contributed by atoms with Crippen LogP contribution in [0.5, 0.6) is 0 Å². The van der Waals surface area contributed by atoms with Gasteiger partial charge in [-0.3, -0.25) is 0 Å². The van der Waals surface area contributed by atoms with Crippen LogP contribution in [0.15, 0.2) is 24.3 Å². The third-order valence-electron chi connectivity index (χ3n) is 4.02. The number of hydrogen-bond donors (Lipinski definition) is 1. The van der Waals surface area contributed by atoms with Crippen LogP contribution < -0.4 is 5.32 Å². The minimum atomic E-state index is 0.562.